The molecule has 6 nitrogen and oxygen atoms in total. The van der Waals surface area contributed by atoms with Gasteiger partial charge in [0.15, 0.2) is 5.16 Å². The van der Waals surface area contributed by atoms with Gasteiger partial charge in [0.25, 0.3) is 0 Å². The van der Waals surface area contributed by atoms with Gasteiger partial charge in [-0.05, 0) is 18.4 Å². The Balaban J connectivity index is 1.67. The summed E-state index contributed by atoms with van der Waals surface area (Å²) in [5.41, 5.74) is 2.20. The fraction of sp³-hybridized carbons (Fsp3) is 0.353. The van der Waals surface area contributed by atoms with Gasteiger partial charge in [0.05, 0.1) is 24.8 Å². The number of nitrogens with zero attached hydrogens (tertiary/aromatic N) is 2. The molecule has 24 heavy (non-hydrogen) atoms. The quantitative estimate of drug-likeness (QED) is 0.615. The molecule has 0 atom stereocenters. The van der Waals surface area contributed by atoms with Crippen LogP contribution >= 0.6 is 11.8 Å². The van der Waals surface area contributed by atoms with Gasteiger partial charge in [-0.15, -0.1) is 0 Å². The van der Waals surface area contributed by atoms with Crippen molar-refractivity contribution in [2.45, 2.75) is 24.0 Å². The van der Waals surface area contributed by atoms with E-state index in [-0.39, 0.29) is 18.2 Å². The number of carbonyl (C=O) groups excluding carboxylic acids is 2. The molecule has 1 fully saturated rings. The van der Waals surface area contributed by atoms with Gasteiger partial charge in [-0.2, -0.15) is 0 Å². The Morgan fingerprint density at radius 3 is 2.75 bits per heavy atom. The molecule has 0 radical (unpaired) electrons. The highest BCUT2D eigenvalue weighted by Crippen LogP contribution is 2.41. The smallest absolute Gasteiger partial charge is 0.325 e. The maximum Gasteiger partial charge on any atom is 0.325 e. The zero-order valence-corrected chi connectivity index (χ0v) is 14.2. The zero-order chi connectivity index (χ0) is 16.9. The second-order valence-electron chi connectivity index (χ2n) is 5.53. The average molecular weight is 345 g/mol. The van der Waals surface area contributed by atoms with E-state index in [0.717, 1.165) is 29.3 Å². The molecule has 0 saturated heterocycles. The number of nitrogens with one attached hydrogen (secondary N) is 1. The molecule has 1 amide bonds. The van der Waals surface area contributed by atoms with Gasteiger partial charge in [0.2, 0.25) is 5.91 Å². The first-order valence-corrected chi connectivity index (χ1v) is 8.76. The van der Waals surface area contributed by atoms with E-state index in [2.05, 4.69) is 31.7 Å². The lowest BCUT2D eigenvalue weighted by molar-refractivity contribution is -0.140. The van der Waals surface area contributed by atoms with E-state index >= 15 is 0 Å². The van der Waals surface area contributed by atoms with Crippen molar-refractivity contribution in [2.24, 2.45) is 0 Å². The van der Waals surface area contributed by atoms with Crippen LogP contribution in [-0.4, -0.2) is 40.8 Å². The highest BCUT2D eigenvalue weighted by molar-refractivity contribution is 7.99. The molecule has 1 aromatic carbocycles. The Bertz CT molecular complexity index is 726. The van der Waals surface area contributed by atoms with Crippen LogP contribution in [0.3, 0.4) is 0 Å². The number of benzene rings is 1. The van der Waals surface area contributed by atoms with Crippen molar-refractivity contribution in [3.8, 4) is 11.3 Å². The van der Waals surface area contributed by atoms with Gasteiger partial charge in [0, 0.05) is 6.04 Å². The van der Waals surface area contributed by atoms with Crippen LogP contribution < -0.4 is 5.32 Å². The van der Waals surface area contributed by atoms with Crippen LogP contribution in [0, 0.1) is 0 Å². The zero-order valence-electron chi connectivity index (χ0n) is 13.4. The molecule has 0 spiro atoms. The van der Waals surface area contributed by atoms with Crippen LogP contribution in [0.2, 0.25) is 0 Å². The van der Waals surface area contributed by atoms with Gasteiger partial charge in [-0.3, -0.25) is 9.59 Å². The molecule has 126 valence electrons. The summed E-state index contributed by atoms with van der Waals surface area (Å²) >= 11 is 1.39. The van der Waals surface area contributed by atoms with Crippen LogP contribution in [0.1, 0.15) is 18.9 Å². The number of carbonyl (C=O) groups is 2. The summed E-state index contributed by atoms with van der Waals surface area (Å²) in [6.07, 6.45) is 4.14. The minimum absolute atomic E-state index is 0.109. The first-order valence-electron chi connectivity index (χ1n) is 7.78. The Labute approximate surface area is 144 Å². The summed E-state index contributed by atoms with van der Waals surface area (Å²) in [4.78, 5) is 27.4. The Kier molecular flexibility index (Phi) is 5.20. The third-order valence-corrected chi connectivity index (χ3v) is 4.70. The van der Waals surface area contributed by atoms with Crippen molar-refractivity contribution in [3.05, 3.63) is 36.5 Å². The topological polar surface area (TPSA) is 73.2 Å². The van der Waals surface area contributed by atoms with E-state index in [0.29, 0.717) is 6.04 Å². The molecule has 1 aliphatic carbocycles. The molecular weight excluding hydrogens is 326 g/mol. The highest BCUT2D eigenvalue weighted by Gasteiger charge is 2.29. The van der Waals surface area contributed by atoms with Gasteiger partial charge < -0.3 is 14.6 Å². The Morgan fingerprint density at radius 1 is 1.33 bits per heavy atom. The van der Waals surface area contributed by atoms with Gasteiger partial charge in [-0.25, -0.2) is 4.98 Å². The van der Waals surface area contributed by atoms with Crippen molar-refractivity contribution >= 4 is 23.6 Å². The minimum atomic E-state index is -0.459. The molecule has 3 rings (SSSR count). The predicted octanol–water partition coefficient (Wildman–Crippen LogP) is 2.27. The summed E-state index contributed by atoms with van der Waals surface area (Å²) in [5.74, 6) is -0.453. The van der Waals surface area contributed by atoms with Crippen LogP contribution in [0.5, 0.6) is 0 Å². The second kappa shape index (κ2) is 7.53. The minimum Gasteiger partial charge on any atom is -0.468 e. The maximum absolute atomic E-state index is 11.8. The largest absolute Gasteiger partial charge is 0.468 e. The fourth-order valence-corrected chi connectivity index (χ4v) is 3.26. The van der Waals surface area contributed by atoms with E-state index < -0.39 is 5.97 Å². The summed E-state index contributed by atoms with van der Waals surface area (Å²) in [6.45, 7) is -0.109. The molecule has 1 aliphatic rings. The molecule has 0 bridgehead atoms. The number of aromatic nitrogens is 2. The van der Waals surface area contributed by atoms with Gasteiger partial charge in [0.1, 0.15) is 6.54 Å². The highest BCUT2D eigenvalue weighted by atomic mass is 32.2. The summed E-state index contributed by atoms with van der Waals surface area (Å²) < 4.78 is 6.71. The van der Waals surface area contributed by atoms with Crippen molar-refractivity contribution in [3.63, 3.8) is 0 Å². The standard InChI is InChI=1S/C17H19N3O3S/c1-23-16(22)10-18-15(21)11-24-17-19-9-14(20(17)13-7-8-13)12-5-3-2-4-6-12/h2-6,9,13H,7-8,10-11H2,1H3,(H,18,21). The predicted molar refractivity (Wildman–Crippen MR) is 91.7 cm³/mol. The number of methoxy groups -OCH3 is 1. The lowest BCUT2D eigenvalue weighted by atomic mass is 10.2. The second-order valence-corrected chi connectivity index (χ2v) is 6.48. The van der Waals surface area contributed by atoms with E-state index in [4.69, 9.17) is 0 Å². The van der Waals surface area contributed by atoms with Crippen LogP contribution in [0.4, 0.5) is 0 Å². The first kappa shape index (κ1) is 16.6. The fourth-order valence-electron chi connectivity index (χ4n) is 2.38. The molecule has 0 unspecified atom stereocenters. The van der Waals surface area contributed by atoms with E-state index in [1.165, 1.54) is 18.9 Å². The number of ether oxygens (including phenoxy) is 1. The lowest BCUT2D eigenvalue weighted by Gasteiger charge is -2.10. The van der Waals surface area contributed by atoms with Crippen molar-refractivity contribution in [2.75, 3.05) is 19.4 Å². The molecule has 2 aromatic rings. The third kappa shape index (κ3) is 3.97. The number of esters is 1. The molecule has 1 aromatic heterocycles. The van der Waals surface area contributed by atoms with Crippen molar-refractivity contribution in [1.82, 2.24) is 14.9 Å². The normalized spacial score (nSPS) is 13.5. The SMILES string of the molecule is COC(=O)CNC(=O)CSc1ncc(-c2ccccc2)n1C1CC1. The third-order valence-electron chi connectivity index (χ3n) is 3.73. The first-order chi connectivity index (χ1) is 11.7. The van der Waals surface area contributed by atoms with E-state index in [9.17, 15) is 9.59 Å². The van der Waals surface area contributed by atoms with Crippen LogP contribution in [0.15, 0.2) is 41.7 Å². The number of rotatable bonds is 7. The molecular formula is C17H19N3O3S. The number of hydrogen-bond acceptors (Lipinski definition) is 5. The number of hydrogen-bond donors (Lipinski definition) is 1. The number of amides is 1. The van der Waals surface area contributed by atoms with Gasteiger partial charge in [-0.1, -0.05) is 42.1 Å². The molecule has 1 heterocycles. The molecule has 7 heteroatoms. The Hall–Kier alpha value is -2.28. The lowest BCUT2D eigenvalue weighted by Crippen LogP contribution is -2.31. The van der Waals surface area contributed by atoms with Crippen LogP contribution in [-0.2, 0) is 14.3 Å². The number of thioether (sulfide) groups is 1. The molecule has 1 N–H and O–H groups in total. The molecule has 0 aliphatic heterocycles. The molecule has 1 saturated carbocycles. The summed E-state index contributed by atoms with van der Waals surface area (Å²) in [5, 5.41) is 3.37. The van der Waals surface area contributed by atoms with Crippen LogP contribution in [0.25, 0.3) is 11.3 Å². The van der Waals surface area contributed by atoms with Crippen molar-refractivity contribution < 1.29 is 14.3 Å². The van der Waals surface area contributed by atoms with Crippen molar-refractivity contribution in [1.29, 1.82) is 0 Å². The average Bonchev–Trinajstić information content (AvgIpc) is 3.37. The van der Waals surface area contributed by atoms with E-state index in [1.54, 1.807) is 0 Å². The van der Waals surface area contributed by atoms with E-state index in [1.807, 2.05) is 24.4 Å². The van der Waals surface area contributed by atoms with Gasteiger partial charge >= 0.3 is 5.97 Å². The summed E-state index contributed by atoms with van der Waals surface area (Å²) in [7, 11) is 1.29. The monoisotopic (exact) mass is 345 g/mol. The number of imidazole rings is 1. The maximum atomic E-state index is 11.8. The Morgan fingerprint density at radius 2 is 2.08 bits per heavy atom. The summed E-state index contributed by atoms with van der Waals surface area (Å²) in [6, 6.07) is 10.6.